The Hall–Kier alpha value is -2.51. The molecule has 2 aromatic rings. The van der Waals surface area contributed by atoms with Crippen LogP contribution in [-0.4, -0.2) is 56.9 Å². The molecule has 0 saturated carbocycles. The molecule has 7 heteroatoms. The molecule has 1 aliphatic rings. The average molecular weight is 415 g/mol. The van der Waals surface area contributed by atoms with Crippen molar-refractivity contribution in [2.45, 2.75) is 33.4 Å². The topological polar surface area (TPSA) is 71.3 Å². The normalized spacial score (nSPS) is 16.3. The highest BCUT2D eigenvalue weighted by Gasteiger charge is 2.25. The van der Waals surface area contributed by atoms with Gasteiger partial charge in [-0.05, 0) is 39.0 Å². The molecule has 30 heavy (non-hydrogen) atoms. The fourth-order valence-corrected chi connectivity index (χ4v) is 3.56. The number of nitrogens with zero attached hydrogens (tertiary/aromatic N) is 2. The van der Waals surface area contributed by atoms with E-state index in [0.29, 0.717) is 19.7 Å². The first kappa shape index (κ1) is 22.2. The number of guanidine groups is 1. The van der Waals surface area contributed by atoms with Gasteiger partial charge in [0.05, 0.1) is 32.4 Å². The lowest BCUT2D eigenvalue weighted by molar-refractivity contribution is 0.0124. The third kappa shape index (κ3) is 6.24. The first-order valence-electron chi connectivity index (χ1n) is 10.8. The number of hydrogen-bond acceptors (Lipinski definition) is 5. The lowest BCUT2D eigenvalue weighted by atomic mass is 10.1. The molecule has 1 aromatic heterocycles. The van der Waals surface area contributed by atoms with E-state index in [-0.39, 0.29) is 6.04 Å². The second kappa shape index (κ2) is 11.6. The summed E-state index contributed by atoms with van der Waals surface area (Å²) in [5, 5.41) is 6.85. The Morgan fingerprint density at radius 3 is 2.63 bits per heavy atom. The largest absolute Gasteiger partial charge is 0.494 e. The zero-order chi connectivity index (χ0) is 21.2. The predicted octanol–water partition coefficient (Wildman–Crippen LogP) is 3.12. The summed E-state index contributed by atoms with van der Waals surface area (Å²) < 4.78 is 17.2. The Balaban J connectivity index is 1.70. The summed E-state index contributed by atoms with van der Waals surface area (Å²) >= 11 is 0. The van der Waals surface area contributed by atoms with Crippen molar-refractivity contribution in [2.75, 3.05) is 46.0 Å². The summed E-state index contributed by atoms with van der Waals surface area (Å²) in [6.45, 7) is 12.0. The number of aryl methyl sites for hydroxylation is 1. The van der Waals surface area contributed by atoms with E-state index < -0.39 is 0 Å². The van der Waals surface area contributed by atoms with Gasteiger partial charge in [0.2, 0.25) is 0 Å². The van der Waals surface area contributed by atoms with Crippen LogP contribution in [0.25, 0.3) is 0 Å². The van der Waals surface area contributed by atoms with E-state index in [9.17, 15) is 0 Å². The molecule has 164 valence electrons. The van der Waals surface area contributed by atoms with Crippen molar-refractivity contribution in [3.8, 4) is 5.75 Å². The van der Waals surface area contributed by atoms with E-state index in [0.717, 1.165) is 61.6 Å². The highest BCUT2D eigenvalue weighted by atomic mass is 16.5. The number of morpholine rings is 1. The van der Waals surface area contributed by atoms with Crippen LogP contribution in [0.3, 0.4) is 0 Å². The van der Waals surface area contributed by atoms with Gasteiger partial charge in [0.1, 0.15) is 17.3 Å². The lowest BCUT2D eigenvalue weighted by Crippen LogP contribution is -2.46. The molecule has 1 saturated heterocycles. The highest BCUT2D eigenvalue weighted by Crippen LogP contribution is 2.23. The number of furan rings is 1. The molecule has 1 aromatic carbocycles. The van der Waals surface area contributed by atoms with Gasteiger partial charge < -0.3 is 24.5 Å². The van der Waals surface area contributed by atoms with E-state index in [2.05, 4.69) is 34.6 Å². The molecule has 2 N–H and O–H groups in total. The molecule has 2 heterocycles. The van der Waals surface area contributed by atoms with Gasteiger partial charge in [0.15, 0.2) is 5.96 Å². The van der Waals surface area contributed by atoms with Crippen LogP contribution in [0.4, 0.5) is 0 Å². The van der Waals surface area contributed by atoms with E-state index in [1.165, 1.54) is 0 Å². The quantitative estimate of drug-likeness (QED) is 0.485. The molecular weight excluding hydrogens is 380 g/mol. The molecule has 0 radical (unpaired) electrons. The number of ether oxygens (including phenoxy) is 2. The molecule has 1 unspecified atom stereocenters. The van der Waals surface area contributed by atoms with Crippen LogP contribution < -0.4 is 15.4 Å². The lowest BCUT2D eigenvalue weighted by Gasteiger charge is -2.33. The van der Waals surface area contributed by atoms with Gasteiger partial charge in [0.25, 0.3) is 0 Å². The second-order valence-corrected chi connectivity index (χ2v) is 7.23. The van der Waals surface area contributed by atoms with Gasteiger partial charge in [-0.3, -0.25) is 4.90 Å². The number of para-hydroxylation sites is 1. The smallest absolute Gasteiger partial charge is 0.191 e. The van der Waals surface area contributed by atoms with Gasteiger partial charge in [0, 0.05) is 31.7 Å². The minimum Gasteiger partial charge on any atom is -0.494 e. The predicted molar refractivity (Wildman–Crippen MR) is 119 cm³/mol. The maximum atomic E-state index is 5.96. The molecule has 1 aliphatic heterocycles. The van der Waals surface area contributed by atoms with E-state index in [4.69, 9.17) is 18.9 Å². The standard InChI is InChI=1S/C23H34N4O3/c1-4-24-23(25-16-19-8-6-7-9-21(19)29-5-2)26-17-20(22-11-10-18(3)30-22)27-12-14-28-15-13-27/h6-11,20H,4-5,12-17H2,1-3H3,(H2,24,25,26). The minimum absolute atomic E-state index is 0.127. The maximum absolute atomic E-state index is 5.96. The molecule has 0 spiro atoms. The summed E-state index contributed by atoms with van der Waals surface area (Å²) in [4.78, 5) is 7.19. The van der Waals surface area contributed by atoms with Crippen LogP contribution in [0.1, 0.15) is 37.0 Å². The molecule has 1 fully saturated rings. The Bertz CT molecular complexity index is 799. The highest BCUT2D eigenvalue weighted by molar-refractivity contribution is 5.79. The van der Waals surface area contributed by atoms with Crippen molar-refractivity contribution >= 4 is 5.96 Å². The van der Waals surface area contributed by atoms with Crippen molar-refractivity contribution < 1.29 is 13.9 Å². The first-order valence-corrected chi connectivity index (χ1v) is 10.8. The number of rotatable bonds is 9. The van der Waals surface area contributed by atoms with Crippen LogP contribution in [0, 0.1) is 6.92 Å². The first-order chi connectivity index (χ1) is 14.7. The van der Waals surface area contributed by atoms with Crippen LogP contribution in [0.5, 0.6) is 5.75 Å². The van der Waals surface area contributed by atoms with E-state index in [1.807, 2.05) is 38.1 Å². The van der Waals surface area contributed by atoms with E-state index >= 15 is 0 Å². The summed E-state index contributed by atoms with van der Waals surface area (Å²) in [6.07, 6.45) is 0. The molecule has 7 nitrogen and oxygen atoms in total. The van der Waals surface area contributed by atoms with Gasteiger partial charge >= 0.3 is 0 Å². The Kier molecular flexibility index (Phi) is 8.59. The zero-order valence-electron chi connectivity index (χ0n) is 18.3. The van der Waals surface area contributed by atoms with Crippen LogP contribution >= 0.6 is 0 Å². The third-order valence-electron chi connectivity index (χ3n) is 5.06. The second-order valence-electron chi connectivity index (χ2n) is 7.23. The van der Waals surface area contributed by atoms with Crippen LogP contribution in [0.15, 0.2) is 45.8 Å². The number of nitrogens with one attached hydrogen (secondary N) is 2. The fraction of sp³-hybridized carbons (Fsp3) is 0.522. The Labute approximate surface area is 179 Å². The molecule has 0 amide bonds. The Morgan fingerprint density at radius 2 is 1.93 bits per heavy atom. The van der Waals surface area contributed by atoms with Crippen molar-refractivity contribution in [2.24, 2.45) is 4.99 Å². The van der Waals surface area contributed by atoms with Crippen molar-refractivity contribution in [3.05, 3.63) is 53.5 Å². The molecule has 0 bridgehead atoms. The minimum atomic E-state index is 0.127. The van der Waals surface area contributed by atoms with Gasteiger partial charge in [-0.2, -0.15) is 0 Å². The van der Waals surface area contributed by atoms with Crippen LogP contribution in [-0.2, 0) is 11.3 Å². The van der Waals surface area contributed by atoms with Gasteiger partial charge in [-0.25, -0.2) is 4.99 Å². The maximum Gasteiger partial charge on any atom is 0.191 e. The summed E-state index contributed by atoms with van der Waals surface area (Å²) in [7, 11) is 0. The number of benzene rings is 1. The van der Waals surface area contributed by atoms with Gasteiger partial charge in [-0.15, -0.1) is 0 Å². The monoisotopic (exact) mass is 414 g/mol. The third-order valence-corrected chi connectivity index (χ3v) is 5.06. The van der Waals surface area contributed by atoms with Crippen LogP contribution in [0.2, 0.25) is 0 Å². The van der Waals surface area contributed by atoms with Gasteiger partial charge in [-0.1, -0.05) is 18.2 Å². The van der Waals surface area contributed by atoms with Crippen molar-refractivity contribution in [1.29, 1.82) is 0 Å². The Morgan fingerprint density at radius 1 is 1.13 bits per heavy atom. The summed E-state index contributed by atoms with van der Waals surface area (Å²) in [6, 6.07) is 12.3. The SMILES string of the molecule is CCNC(=NCc1ccccc1OCC)NCC(c1ccc(C)o1)N1CCOCC1. The summed E-state index contributed by atoms with van der Waals surface area (Å²) in [5.41, 5.74) is 1.07. The van der Waals surface area contributed by atoms with Crippen molar-refractivity contribution in [3.63, 3.8) is 0 Å². The molecule has 0 aliphatic carbocycles. The fourth-order valence-electron chi connectivity index (χ4n) is 3.56. The zero-order valence-corrected chi connectivity index (χ0v) is 18.3. The summed E-state index contributed by atoms with van der Waals surface area (Å²) in [5.74, 6) is 3.57. The average Bonchev–Trinajstić information content (AvgIpc) is 3.20. The van der Waals surface area contributed by atoms with Crippen molar-refractivity contribution in [1.82, 2.24) is 15.5 Å². The molecule has 1 atom stereocenters. The molecule has 3 rings (SSSR count). The molecular formula is C23H34N4O3. The number of aliphatic imine (C=N–C) groups is 1. The number of hydrogen-bond donors (Lipinski definition) is 2. The van der Waals surface area contributed by atoms with E-state index in [1.54, 1.807) is 0 Å².